The molecule has 0 aromatic carbocycles. The smallest absolute Gasteiger partial charge is 0.433 e. The molecule has 2 fully saturated rings. The highest BCUT2D eigenvalue weighted by molar-refractivity contribution is 6.39. The third-order valence-corrected chi connectivity index (χ3v) is 8.29. The maximum absolute atomic E-state index is 14.4. The Morgan fingerprint density at radius 1 is 1.12 bits per heavy atom. The molecule has 218 valence electrons. The van der Waals surface area contributed by atoms with E-state index < -0.39 is 59.2 Å². The second-order valence-corrected chi connectivity index (χ2v) is 11.5. The summed E-state index contributed by atoms with van der Waals surface area (Å²) in [5.41, 5.74) is -3.07. The highest BCUT2D eigenvalue weighted by Gasteiger charge is 2.45. The third-order valence-electron chi connectivity index (χ3n) is 7.71. The van der Waals surface area contributed by atoms with Crippen LogP contribution in [0.5, 0.6) is 0 Å². The summed E-state index contributed by atoms with van der Waals surface area (Å²) in [6.07, 6.45) is -0.357. The van der Waals surface area contributed by atoms with Gasteiger partial charge in [-0.05, 0) is 52.4 Å². The highest BCUT2D eigenvalue weighted by atomic mass is 35.5. The molecule has 1 N–H and O–H groups in total. The maximum Gasteiger partial charge on any atom is 0.433 e. The Balaban J connectivity index is 1.66. The van der Waals surface area contributed by atoms with Crippen molar-refractivity contribution >= 4 is 40.9 Å². The first-order valence-corrected chi connectivity index (χ1v) is 13.6. The van der Waals surface area contributed by atoms with Gasteiger partial charge in [0.05, 0.1) is 57.6 Å². The van der Waals surface area contributed by atoms with Gasteiger partial charge >= 0.3 is 12.1 Å². The molecule has 0 spiro atoms. The van der Waals surface area contributed by atoms with Crippen molar-refractivity contribution in [2.75, 3.05) is 13.1 Å². The van der Waals surface area contributed by atoms with Gasteiger partial charge in [0, 0.05) is 18.9 Å². The van der Waals surface area contributed by atoms with Gasteiger partial charge in [-0.1, -0.05) is 23.2 Å². The number of ketones is 1. The fraction of sp³-hybridized carbons (Fsp3) is 0.577. The van der Waals surface area contributed by atoms with E-state index in [1.54, 1.807) is 6.92 Å². The second-order valence-electron chi connectivity index (χ2n) is 10.7. The molecule has 2 aliphatic rings. The summed E-state index contributed by atoms with van der Waals surface area (Å²) < 4.78 is 49.9. The first kappa shape index (κ1) is 30.3. The Labute approximate surface area is 238 Å². The molecule has 14 heteroatoms. The van der Waals surface area contributed by atoms with Gasteiger partial charge in [-0.25, -0.2) is 0 Å². The number of pyridine rings is 1. The van der Waals surface area contributed by atoms with Crippen LogP contribution in [0.25, 0.3) is 0 Å². The van der Waals surface area contributed by atoms with Crippen LogP contribution in [0.1, 0.15) is 84.8 Å². The Morgan fingerprint density at radius 2 is 1.75 bits per heavy atom. The first-order chi connectivity index (χ1) is 18.7. The molecule has 0 unspecified atom stereocenters. The SMILES string of the molecule is C[C@@H]1CC[C@H](CN(CC(=O)c2c(Cl)cncc2Cl)C(=O)c2cnn([C@H]3CC[C@](C)(C(=O)O)CC3)c2C(F)(F)F)O1. The second kappa shape index (κ2) is 11.7. The molecule has 4 rings (SSSR count). The van der Waals surface area contributed by atoms with Crippen LogP contribution in [0.3, 0.4) is 0 Å². The third kappa shape index (κ3) is 6.28. The topological polar surface area (TPSA) is 115 Å². The zero-order chi connectivity index (χ0) is 29.4. The lowest BCUT2D eigenvalue weighted by Crippen LogP contribution is -2.42. The molecule has 1 saturated carbocycles. The van der Waals surface area contributed by atoms with Crippen molar-refractivity contribution < 1.29 is 37.4 Å². The number of hydrogen-bond acceptors (Lipinski definition) is 6. The van der Waals surface area contributed by atoms with Crippen molar-refractivity contribution in [2.45, 2.75) is 76.8 Å². The van der Waals surface area contributed by atoms with Crippen LogP contribution in [0.4, 0.5) is 13.2 Å². The van der Waals surface area contributed by atoms with E-state index in [9.17, 15) is 32.7 Å². The van der Waals surface area contributed by atoms with Crippen molar-refractivity contribution in [3.05, 3.63) is 45.5 Å². The molecule has 40 heavy (non-hydrogen) atoms. The van der Waals surface area contributed by atoms with Gasteiger partial charge in [-0.15, -0.1) is 0 Å². The van der Waals surface area contributed by atoms with Crippen LogP contribution in [-0.4, -0.2) is 67.7 Å². The molecular formula is C26H29Cl2F3N4O5. The minimum Gasteiger partial charge on any atom is -0.481 e. The number of Topliss-reactive ketones (excluding diaryl/α,β-unsaturated/α-hetero) is 1. The molecular weight excluding hydrogens is 576 g/mol. The number of hydrogen-bond donors (Lipinski definition) is 1. The van der Waals surface area contributed by atoms with E-state index in [1.807, 2.05) is 6.92 Å². The van der Waals surface area contributed by atoms with Crippen LogP contribution >= 0.6 is 23.2 Å². The number of nitrogens with zero attached hydrogens (tertiary/aromatic N) is 4. The lowest BCUT2D eigenvalue weighted by Gasteiger charge is -2.34. The van der Waals surface area contributed by atoms with Crippen LogP contribution in [0.15, 0.2) is 18.6 Å². The molecule has 1 aliphatic heterocycles. The molecule has 1 saturated heterocycles. The standard InChI is InChI=1S/C26H29Cl2F3N4O5/c1-14-3-4-16(40-14)12-34(13-20(36)21-18(27)10-32-11-19(21)28)23(37)17-9-33-35(22(17)26(29,30)31)15-5-7-25(2,8-6-15)24(38)39/h9-11,14-16H,3-8,12-13H2,1-2H3,(H,38,39)/t14-,15-,16-,25-/m1/s1. The fourth-order valence-corrected chi connectivity index (χ4v) is 5.94. The number of carbonyl (C=O) groups is 3. The van der Waals surface area contributed by atoms with E-state index in [0.717, 1.165) is 15.8 Å². The predicted molar refractivity (Wildman–Crippen MR) is 139 cm³/mol. The molecule has 2 atom stereocenters. The summed E-state index contributed by atoms with van der Waals surface area (Å²) in [7, 11) is 0. The van der Waals surface area contributed by atoms with Crippen molar-refractivity contribution in [1.29, 1.82) is 0 Å². The molecule has 3 heterocycles. The van der Waals surface area contributed by atoms with E-state index in [-0.39, 0.29) is 53.9 Å². The zero-order valence-electron chi connectivity index (χ0n) is 21.9. The van der Waals surface area contributed by atoms with Crippen LogP contribution < -0.4 is 0 Å². The van der Waals surface area contributed by atoms with E-state index in [0.29, 0.717) is 12.8 Å². The summed E-state index contributed by atoms with van der Waals surface area (Å²) in [4.78, 5) is 43.3. The monoisotopic (exact) mass is 604 g/mol. The van der Waals surface area contributed by atoms with Gasteiger partial charge < -0.3 is 14.7 Å². The van der Waals surface area contributed by atoms with Crippen molar-refractivity contribution in [3.8, 4) is 0 Å². The normalized spacial score (nSPS) is 25.1. The summed E-state index contributed by atoms with van der Waals surface area (Å²) in [6.45, 7) is 2.69. The van der Waals surface area contributed by atoms with Crippen molar-refractivity contribution in [3.63, 3.8) is 0 Å². The minimum atomic E-state index is -4.94. The maximum atomic E-state index is 14.4. The highest BCUT2D eigenvalue weighted by Crippen LogP contribution is 2.43. The lowest BCUT2D eigenvalue weighted by atomic mass is 9.74. The lowest BCUT2D eigenvalue weighted by molar-refractivity contribution is -0.152. The van der Waals surface area contributed by atoms with E-state index in [1.165, 1.54) is 12.4 Å². The number of alkyl halides is 3. The average Bonchev–Trinajstić information content (AvgIpc) is 3.50. The van der Waals surface area contributed by atoms with Gasteiger partial charge in [0.15, 0.2) is 11.5 Å². The first-order valence-electron chi connectivity index (χ1n) is 12.9. The quantitative estimate of drug-likeness (QED) is 0.384. The number of carboxylic acid groups (broad SMARTS) is 1. The molecule has 2 aromatic rings. The van der Waals surface area contributed by atoms with Gasteiger partial charge in [0.1, 0.15) is 0 Å². The van der Waals surface area contributed by atoms with Crippen LogP contribution in [0.2, 0.25) is 10.0 Å². The zero-order valence-corrected chi connectivity index (χ0v) is 23.4. The number of aromatic nitrogens is 3. The Hall–Kier alpha value is -2.70. The summed E-state index contributed by atoms with van der Waals surface area (Å²) in [5, 5.41) is 13.3. The van der Waals surface area contributed by atoms with Gasteiger partial charge in [-0.2, -0.15) is 18.3 Å². The number of aliphatic carboxylic acids is 1. The molecule has 1 aliphatic carbocycles. The van der Waals surface area contributed by atoms with Gasteiger partial charge in [0.25, 0.3) is 5.91 Å². The largest absolute Gasteiger partial charge is 0.481 e. The molecule has 0 bridgehead atoms. The molecule has 0 radical (unpaired) electrons. The van der Waals surface area contributed by atoms with E-state index in [4.69, 9.17) is 27.9 Å². The van der Waals surface area contributed by atoms with Crippen molar-refractivity contribution in [1.82, 2.24) is 19.7 Å². The number of rotatable bonds is 8. The summed E-state index contributed by atoms with van der Waals surface area (Å²) in [5.74, 6) is -2.71. The number of ether oxygens (including phenoxy) is 1. The van der Waals surface area contributed by atoms with Crippen molar-refractivity contribution in [2.24, 2.45) is 5.41 Å². The minimum absolute atomic E-state index is 0.0508. The molecule has 1 amide bonds. The molecule has 9 nitrogen and oxygen atoms in total. The summed E-state index contributed by atoms with van der Waals surface area (Å²) in [6, 6.07) is -0.742. The number of amides is 1. The Bertz CT molecular complexity index is 1270. The fourth-order valence-electron chi connectivity index (χ4n) is 5.36. The van der Waals surface area contributed by atoms with E-state index in [2.05, 4.69) is 10.1 Å². The Morgan fingerprint density at radius 3 is 2.27 bits per heavy atom. The predicted octanol–water partition coefficient (Wildman–Crippen LogP) is 5.70. The Kier molecular flexibility index (Phi) is 8.82. The van der Waals surface area contributed by atoms with Gasteiger partial charge in [0.2, 0.25) is 0 Å². The summed E-state index contributed by atoms with van der Waals surface area (Å²) >= 11 is 12.2. The van der Waals surface area contributed by atoms with E-state index >= 15 is 0 Å². The van der Waals surface area contributed by atoms with Crippen LogP contribution in [-0.2, 0) is 15.7 Å². The van der Waals surface area contributed by atoms with Gasteiger partial charge in [-0.3, -0.25) is 24.0 Å². The molecule has 2 aromatic heterocycles. The number of halogens is 5. The number of carboxylic acids is 1. The van der Waals surface area contributed by atoms with Crippen LogP contribution in [0, 0.1) is 5.41 Å². The average molecular weight is 605 g/mol. The number of carbonyl (C=O) groups excluding carboxylic acids is 2.